The largest absolute Gasteiger partial charge is 0.492 e. The SMILES string of the molecule is CCOc1cc(/C=C(/C#N)C(=O)Nc2ccc(CC)cc2)cc(Br)c1OC. The number of aryl methyl sites for hydroxylation is 1. The van der Waals surface area contributed by atoms with E-state index in [9.17, 15) is 10.1 Å². The number of amides is 1. The van der Waals surface area contributed by atoms with Crippen LogP contribution < -0.4 is 14.8 Å². The zero-order valence-electron chi connectivity index (χ0n) is 15.5. The molecule has 0 spiro atoms. The van der Waals surface area contributed by atoms with Crippen LogP contribution in [0, 0.1) is 11.3 Å². The molecule has 0 fully saturated rings. The molecule has 6 heteroatoms. The molecule has 0 radical (unpaired) electrons. The van der Waals surface area contributed by atoms with E-state index in [1.165, 1.54) is 11.6 Å². The molecule has 0 aromatic heterocycles. The summed E-state index contributed by atoms with van der Waals surface area (Å²) in [6.07, 6.45) is 2.44. The van der Waals surface area contributed by atoms with Crippen molar-refractivity contribution in [2.24, 2.45) is 0 Å². The van der Waals surface area contributed by atoms with Crippen molar-refractivity contribution in [3.05, 3.63) is 57.6 Å². The highest BCUT2D eigenvalue weighted by Gasteiger charge is 2.13. The second kappa shape index (κ2) is 9.79. The maximum atomic E-state index is 12.5. The average Bonchev–Trinajstić information content (AvgIpc) is 2.66. The molecule has 1 N–H and O–H groups in total. The highest BCUT2D eigenvalue weighted by molar-refractivity contribution is 9.10. The van der Waals surface area contributed by atoms with E-state index in [1.807, 2.05) is 37.3 Å². The van der Waals surface area contributed by atoms with E-state index < -0.39 is 5.91 Å². The third-order valence-corrected chi connectivity index (χ3v) is 4.42. The van der Waals surface area contributed by atoms with Gasteiger partial charge in [-0.15, -0.1) is 0 Å². The van der Waals surface area contributed by atoms with Crippen molar-refractivity contribution in [1.82, 2.24) is 0 Å². The maximum absolute atomic E-state index is 12.5. The molecule has 2 aromatic carbocycles. The number of methoxy groups -OCH3 is 1. The van der Waals surface area contributed by atoms with Crippen LogP contribution in [0.25, 0.3) is 6.08 Å². The minimum Gasteiger partial charge on any atom is -0.492 e. The molecule has 27 heavy (non-hydrogen) atoms. The van der Waals surface area contributed by atoms with E-state index >= 15 is 0 Å². The number of benzene rings is 2. The number of nitrogens with zero attached hydrogens (tertiary/aromatic N) is 1. The Bertz CT molecular complexity index is 884. The van der Waals surface area contributed by atoms with E-state index in [1.54, 1.807) is 19.2 Å². The predicted molar refractivity (Wildman–Crippen MR) is 110 cm³/mol. The normalized spacial score (nSPS) is 10.9. The minimum atomic E-state index is -0.466. The average molecular weight is 429 g/mol. The van der Waals surface area contributed by atoms with Crippen LogP contribution in [0.3, 0.4) is 0 Å². The number of nitriles is 1. The lowest BCUT2D eigenvalue weighted by molar-refractivity contribution is -0.112. The number of halogens is 1. The summed E-state index contributed by atoms with van der Waals surface area (Å²) >= 11 is 3.43. The lowest BCUT2D eigenvalue weighted by Gasteiger charge is -2.12. The molecule has 0 heterocycles. The Kier molecular flexibility index (Phi) is 7.44. The van der Waals surface area contributed by atoms with Gasteiger partial charge in [0.25, 0.3) is 5.91 Å². The predicted octanol–water partition coefficient (Wildman–Crippen LogP) is 4.96. The van der Waals surface area contributed by atoms with Gasteiger partial charge in [0.1, 0.15) is 11.6 Å². The van der Waals surface area contributed by atoms with Crippen LogP contribution in [-0.2, 0) is 11.2 Å². The Balaban J connectivity index is 2.28. The lowest BCUT2D eigenvalue weighted by atomic mass is 10.1. The lowest BCUT2D eigenvalue weighted by Crippen LogP contribution is -2.13. The van der Waals surface area contributed by atoms with Crippen LogP contribution in [0.15, 0.2) is 46.4 Å². The summed E-state index contributed by atoms with van der Waals surface area (Å²) in [6, 6.07) is 13.0. The van der Waals surface area contributed by atoms with Crippen molar-refractivity contribution in [3.63, 3.8) is 0 Å². The third-order valence-electron chi connectivity index (χ3n) is 3.83. The van der Waals surface area contributed by atoms with Gasteiger partial charge in [-0.3, -0.25) is 4.79 Å². The summed E-state index contributed by atoms with van der Waals surface area (Å²) < 4.78 is 11.6. The number of anilines is 1. The molecule has 140 valence electrons. The Morgan fingerprint density at radius 2 is 1.96 bits per heavy atom. The van der Waals surface area contributed by atoms with Crippen LogP contribution in [0.1, 0.15) is 25.0 Å². The molecule has 0 atom stereocenters. The first-order chi connectivity index (χ1) is 13.0. The fourth-order valence-corrected chi connectivity index (χ4v) is 3.09. The highest BCUT2D eigenvalue weighted by atomic mass is 79.9. The van der Waals surface area contributed by atoms with Gasteiger partial charge >= 0.3 is 0 Å². The van der Waals surface area contributed by atoms with Gasteiger partial charge in [0, 0.05) is 5.69 Å². The van der Waals surface area contributed by atoms with Crippen molar-refractivity contribution in [3.8, 4) is 17.6 Å². The first-order valence-electron chi connectivity index (χ1n) is 8.54. The van der Waals surface area contributed by atoms with Crippen LogP contribution in [-0.4, -0.2) is 19.6 Å². The minimum absolute atomic E-state index is 0.00548. The number of carbonyl (C=O) groups is 1. The van der Waals surface area contributed by atoms with Gasteiger partial charge in [-0.05, 0) is 70.7 Å². The van der Waals surface area contributed by atoms with Crippen molar-refractivity contribution in [2.75, 3.05) is 19.0 Å². The molecular weight excluding hydrogens is 408 g/mol. The van der Waals surface area contributed by atoms with Crippen LogP contribution in [0.4, 0.5) is 5.69 Å². The first kappa shape index (κ1) is 20.5. The van der Waals surface area contributed by atoms with Crippen molar-refractivity contribution < 1.29 is 14.3 Å². The van der Waals surface area contributed by atoms with Crippen molar-refractivity contribution in [1.29, 1.82) is 5.26 Å². The quantitative estimate of drug-likeness (QED) is 0.499. The summed E-state index contributed by atoms with van der Waals surface area (Å²) in [4.78, 5) is 12.5. The van der Waals surface area contributed by atoms with Crippen LogP contribution in [0.2, 0.25) is 0 Å². The van der Waals surface area contributed by atoms with Crippen LogP contribution >= 0.6 is 15.9 Å². The van der Waals surface area contributed by atoms with Crippen molar-refractivity contribution >= 4 is 33.6 Å². The summed E-state index contributed by atoms with van der Waals surface area (Å²) in [5, 5.41) is 12.2. The fourth-order valence-electron chi connectivity index (χ4n) is 2.47. The third kappa shape index (κ3) is 5.35. The first-order valence-corrected chi connectivity index (χ1v) is 9.34. The molecule has 0 unspecified atom stereocenters. The molecule has 0 saturated heterocycles. The Labute approximate surface area is 167 Å². The molecule has 2 rings (SSSR count). The zero-order valence-corrected chi connectivity index (χ0v) is 17.1. The van der Waals surface area contributed by atoms with Crippen molar-refractivity contribution in [2.45, 2.75) is 20.3 Å². The van der Waals surface area contributed by atoms with Crippen LogP contribution in [0.5, 0.6) is 11.5 Å². The Morgan fingerprint density at radius 3 is 2.52 bits per heavy atom. The van der Waals surface area contributed by atoms with Gasteiger partial charge in [0.05, 0.1) is 18.2 Å². The number of ether oxygens (including phenoxy) is 2. The zero-order chi connectivity index (χ0) is 19.8. The molecule has 1 amide bonds. The van der Waals surface area contributed by atoms with E-state index in [0.717, 1.165) is 6.42 Å². The van der Waals surface area contributed by atoms with Gasteiger partial charge in [-0.25, -0.2) is 0 Å². The highest BCUT2D eigenvalue weighted by Crippen LogP contribution is 2.37. The second-order valence-electron chi connectivity index (χ2n) is 5.64. The molecule has 2 aromatic rings. The maximum Gasteiger partial charge on any atom is 0.266 e. The van der Waals surface area contributed by atoms with Gasteiger partial charge in [0.2, 0.25) is 0 Å². The number of rotatable bonds is 7. The molecule has 0 aliphatic heterocycles. The summed E-state index contributed by atoms with van der Waals surface area (Å²) in [6.45, 7) is 4.40. The smallest absolute Gasteiger partial charge is 0.266 e. The van der Waals surface area contributed by atoms with Gasteiger partial charge in [-0.2, -0.15) is 5.26 Å². The van der Waals surface area contributed by atoms with E-state index in [4.69, 9.17) is 9.47 Å². The molecule has 0 saturated carbocycles. The molecule has 5 nitrogen and oxygen atoms in total. The van der Waals surface area contributed by atoms with E-state index in [0.29, 0.717) is 33.8 Å². The van der Waals surface area contributed by atoms with E-state index in [-0.39, 0.29) is 5.57 Å². The standard InChI is InChI=1S/C21H21BrN2O3/c1-4-14-6-8-17(9-7-14)24-21(25)16(13-23)10-15-11-18(22)20(26-3)19(12-15)27-5-2/h6-12H,4-5H2,1-3H3,(H,24,25)/b16-10-. The summed E-state index contributed by atoms with van der Waals surface area (Å²) in [7, 11) is 1.55. The monoisotopic (exact) mass is 428 g/mol. The molecular formula is C21H21BrN2O3. The van der Waals surface area contributed by atoms with Gasteiger partial charge < -0.3 is 14.8 Å². The number of hydrogen-bond acceptors (Lipinski definition) is 4. The molecule has 0 bridgehead atoms. The number of nitrogens with one attached hydrogen (secondary N) is 1. The molecule has 0 aliphatic carbocycles. The topological polar surface area (TPSA) is 71.3 Å². The van der Waals surface area contributed by atoms with Gasteiger partial charge in [0.15, 0.2) is 11.5 Å². The summed E-state index contributed by atoms with van der Waals surface area (Å²) in [5.41, 5.74) is 2.47. The van der Waals surface area contributed by atoms with E-state index in [2.05, 4.69) is 28.2 Å². The number of hydrogen-bond donors (Lipinski definition) is 1. The fraction of sp³-hybridized carbons (Fsp3) is 0.238. The summed E-state index contributed by atoms with van der Waals surface area (Å²) in [5.74, 6) is 0.632. The Morgan fingerprint density at radius 1 is 1.26 bits per heavy atom. The number of carbonyl (C=O) groups excluding carboxylic acids is 1. The molecule has 0 aliphatic rings. The Hall–Kier alpha value is -2.78. The van der Waals surface area contributed by atoms with Gasteiger partial charge in [-0.1, -0.05) is 19.1 Å². The second-order valence-corrected chi connectivity index (χ2v) is 6.50.